The summed E-state index contributed by atoms with van der Waals surface area (Å²) < 4.78 is 0. The van der Waals surface area contributed by atoms with E-state index in [4.69, 9.17) is 4.84 Å². The minimum Gasteiger partial charge on any atom is -0.393 e. The van der Waals surface area contributed by atoms with Gasteiger partial charge in [-0.3, -0.25) is 0 Å². The Bertz CT molecular complexity index is 645. The van der Waals surface area contributed by atoms with Gasteiger partial charge in [0.05, 0.1) is 18.3 Å². The summed E-state index contributed by atoms with van der Waals surface area (Å²) in [6.45, 7) is 7.75. The summed E-state index contributed by atoms with van der Waals surface area (Å²) in [6.07, 6.45) is 14.6. The molecule has 0 aromatic rings. The zero-order valence-corrected chi connectivity index (χ0v) is 22.0. The highest BCUT2D eigenvalue weighted by molar-refractivity contribution is 5.16. The van der Waals surface area contributed by atoms with E-state index in [0.29, 0.717) is 29.1 Å². The average Bonchev–Trinajstić information content (AvgIpc) is 3.04. The Morgan fingerprint density at radius 3 is 2.55 bits per heavy atom. The molecule has 0 spiro atoms. The van der Waals surface area contributed by atoms with Crippen molar-refractivity contribution in [1.29, 1.82) is 0 Å². The fraction of sp³-hybridized carbons (Fsp3) is 1.00. The molecule has 0 bridgehead atoms. The molecular formula is C28H52N2O3. The third-order valence-electron chi connectivity index (χ3n) is 11.1. The van der Waals surface area contributed by atoms with Crippen LogP contribution in [-0.2, 0) is 4.84 Å². The van der Waals surface area contributed by atoms with E-state index in [-0.39, 0.29) is 11.5 Å². The van der Waals surface area contributed by atoms with Crippen molar-refractivity contribution in [3.8, 4) is 0 Å². The first-order valence-corrected chi connectivity index (χ1v) is 14.1. The first-order valence-electron chi connectivity index (χ1n) is 14.1. The highest BCUT2D eigenvalue weighted by Crippen LogP contribution is 2.69. The molecule has 192 valence electrons. The zero-order chi connectivity index (χ0) is 23.7. The lowest BCUT2D eigenvalue weighted by molar-refractivity contribution is -0.210. The number of rotatable bonds is 10. The highest BCUT2D eigenvalue weighted by atomic mass is 16.6. The van der Waals surface area contributed by atoms with Crippen LogP contribution in [0.15, 0.2) is 0 Å². The first kappa shape index (κ1) is 25.9. The van der Waals surface area contributed by atoms with Crippen LogP contribution in [0.1, 0.15) is 97.3 Å². The van der Waals surface area contributed by atoms with Crippen LogP contribution in [0.2, 0.25) is 0 Å². The third kappa shape index (κ3) is 4.91. The molecule has 4 aliphatic rings. The number of aliphatic hydroxyl groups excluding tert-OH is 1. The summed E-state index contributed by atoms with van der Waals surface area (Å²) in [4.78, 5) is 7.85. The largest absolute Gasteiger partial charge is 0.393 e. The van der Waals surface area contributed by atoms with E-state index in [9.17, 15) is 10.2 Å². The third-order valence-corrected chi connectivity index (χ3v) is 11.1. The molecule has 0 heterocycles. The van der Waals surface area contributed by atoms with E-state index in [1.807, 2.05) is 0 Å². The zero-order valence-electron chi connectivity index (χ0n) is 22.0. The maximum atomic E-state index is 12.3. The molecule has 33 heavy (non-hydrogen) atoms. The van der Waals surface area contributed by atoms with Crippen LogP contribution in [0.4, 0.5) is 0 Å². The molecule has 8 atom stereocenters. The van der Waals surface area contributed by atoms with E-state index >= 15 is 0 Å². The fourth-order valence-electron chi connectivity index (χ4n) is 8.94. The van der Waals surface area contributed by atoms with Crippen molar-refractivity contribution in [2.45, 2.75) is 109 Å². The molecular weight excluding hydrogens is 412 g/mol. The van der Waals surface area contributed by atoms with Gasteiger partial charge >= 0.3 is 0 Å². The number of nitrogens with one attached hydrogen (secondary N) is 1. The van der Waals surface area contributed by atoms with E-state index in [1.165, 1.54) is 44.9 Å². The second kappa shape index (κ2) is 10.4. The number of nitrogens with zero attached hydrogens (tertiary/aromatic N) is 1. The van der Waals surface area contributed by atoms with Crippen LogP contribution in [0.5, 0.6) is 0 Å². The molecule has 5 heteroatoms. The lowest BCUT2D eigenvalue weighted by atomic mass is 9.43. The number of aliphatic hydroxyl groups is 2. The quantitative estimate of drug-likeness (QED) is 0.321. The summed E-state index contributed by atoms with van der Waals surface area (Å²) in [5.41, 5.74) is 3.09. The molecule has 0 saturated heterocycles. The predicted molar refractivity (Wildman–Crippen MR) is 134 cm³/mol. The second-order valence-corrected chi connectivity index (χ2v) is 12.9. The molecule has 4 saturated carbocycles. The van der Waals surface area contributed by atoms with Gasteiger partial charge in [-0.1, -0.05) is 13.8 Å². The van der Waals surface area contributed by atoms with Crippen LogP contribution in [-0.4, -0.2) is 60.6 Å². The maximum absolute atomic E-state index is 12.3. The van der Waals surface area contributed by atoms with Crippen molar-refractivity contribution in [3.63, 3.8) is 0 Å². The van der Waals surface area contributed by atoms with Crippen LogP contribution in [0, 0.1) is 34.5 Å². The van der Waals surface area contributed by atoms with Crippen LogP contribution < -0.4 is 5.48 Å². The first-order chi connectivity index (χ1) is 15.7. The van der Waals surface area contributed by atoms with Gasteiger partial charge in [-0.25, -0.2) is 5.48 Å². The SMILES string of the molecule is CN(C)CCCCONCCC[C@H]1CC[C@]2(O)[C@@H]3CC[C@@H]4C[C@@H](O)CC[C@]4(C)[C@H]3CC[C@]12C. The average molecular weight is 465 g/mol. The number of fused-ring (bicyclic) bond motifs is 5. The molecule has 0 unspecified atom stereocenters. The van der Waals surface area contributed by atoms with Crippen LogP contribution in [0.3, 0.4) is 0 Å². The smallest absolute Gasteiger partial charge is 0.0734 e. The lowest BCUT2D eigenvalue weighted by Crippen LogP contribution is -2.62. The van der Waals surface area contributed by atoms with Gasteiger partial charge in [0.1, 0.15) is 0 Å². The number of unbranched alkanes of at least 4 members (excludes halogenated alkanes) is 1. The summed E-state index contributed by atoms with van der Waals surface area (Å²) >= 11 is 0. The Morgan fingerprint density at radius 1 is 0.939 bits per heavy atom. The van der Waals surface area contributed by atoms with Crippen molar-refractivity contribution >= 4 is 0 Å². The molecule has 0 amide bonds. The monoisotopic (exact) mass is 464 g/mol. The van der Waals surface area contributed by atoms with Gasteiger partial charge in [-0.2, -0.15) is 0 Å². The molecule has 4 aliphatic carbocycles. The van der Waals surface area contributed by atoms with E-state index in [1.54, 1.807) is 0 Å². The van der Waals surface area contributed by atoms with Crippen LogP contribution in [0.25, 0.3) is 0 Å². The molecule has 0 aliphatic heterocycles. The molecule has 0 radical (unpaired) electrons. The van der Waals surface area contributed by atoms with Gasteiger partial charge in [0.15, 0.2) is 0 Å². The van der Waals surface area contributed by atoms with E-state index in [2.05, 4.69) is 38.3 Å². The van der Waals surface area contributed by atoms with Crippen LogP contribution >= 0.6 is 0 Å². The van der Waals surface area contributed by atoms with Gasteiger partial charge in [0, 0.05) is 6.54 Å². The molecule has 4 rings (SSSR count). The van der Waals surface area contributed by atoms with Crippen molar-refractivity contribution in [3.05, 3.63) is 0 Å². The molecule has 4 fully saturated rings. The molecule has 5 nitrogen and oxygen atoms in total. The van der Waals surface area contributed by atoms with Crippen molar-refractivity contribution < 1.29 is 15.1 Å². The van der Waals surface area contributed by atoms with Gasteiger partial charge in [0.25, 0.3) is 0 Å². The van der Waals surface area contributed by atoms with Crippen molar-refractivity contribution in [2.24, 2.45) is 34.5 Å². The molecule has 0 aromatic heterocycles. The standard InChI is InChI=1S/C28H52N2O3/c1-26-14-12-23(31)20-22(26)9-10-25-24(26)13-15-27(2)21(11-16-28(25,27)32)8-7-17-29-33-19-6-5-18-30(3)4/h21-25,29,31-32H,5-20H2,1-4H3/t21-,22+,23-,24-,25+,26-,27+,28-/m0/s1. The van der Waals surface area contributed by atoms with Crippen molar-refractivity contribution in [1.82, 2.24) is 10.4 Å². The second-order valence-electron chi connectivity index (χ2n) is 12.9. The minimum absolute atomic E-state index is 0.0680. The number of hydroxylamine groups is 1. The fourth-order valence-corrected chi connectivity index (χ4v) is 8.94. The predicted octanol–water partition coefficient (Wildman–Crippen LogP) is 4.76. The normalized spacial score (nSPS) is 45.0. The van der Waals surface area contributed by atoms with Gasteiger partial charge in [-0.05, 0) is 139 Å². The Kier molecular flexibility index (Phi) is 8.17. The maximum Gasteiger partial charge on any atom is 0.0734 e. The Labute approximate surface area is 203 Å². The summed E-state index contributed by atoms with van der Waals surface area (Å²) in [6, 6.07) is 0. The Hall–Kier alpha value is -0.200. The Morgan fingerprint density at radius 2 is 1.76 bits per heavy atom. The lowest BCUT2D eigenvalue weighted by Gasteiger charge is -2.63. The number of hydrogen-bond donors (Lipinski definition) is 3. The minimum atomic E-state index is -0.485. The topological polar surface area (TPSA) is 65.0 Å². The summed E-state index contributed by atoms with van der Waals surface area (Å²) in [7, 11) is 4.23. The Balaban J connectivity index is 1.27. The van der Waals surface area contributed by atoms with E-state index < -0.39 is 5.60 Å². The number of hydrogen-bond acceptors (Lipinski definition) is 5. The molecule has 3 N–H and O–H groups in total. The summed E-state index contributed by atoms with van der Waals surface area (Å²) in [5.74, 6) is 2.38. The van der Waals surface area contributed by atoms with Gasteiger partial charge in [-0.15, -0.1) is 0 Å². The highest BCUT2D eigenvalue weighted by Gasteiger charge is 2.66. The van der Waals surface area contributed by atoms with Gasteiger partial charge < -0.3 is 20.0 Å². The van der Waals surface area contributed by atoms with E-state index in [0.717, 1.165) is 58.2 Å². The van der Waals surface area contributed by atoms with Crippen molar-refractivity contribution in [2.75, 3.05) is 33.8 Å². The summed E-state index contributed by atoms with van der Waals surface area (Å²) in [5, 5.41) is 22.5. The molecule has 0 aromatic carbocycles. The van der Waals surface area contributed by atoms with Gasteiger partial charge in [0.2, 0.25) is 0 Å².